The van der Waals surface area contributed by atoms with Gasteiger partial charge < -0.3 is 4.43 Å². The molecule has 0 spiro atoms. The molecule has 4 heteroatoms. The quantitative estimate of drug-likeness (QED) is 0.473. The van der Waals surface area contributed by atoms with E-state index >= 15 is 0 Å². The van der Waals surface area contributed by atoms with E-state index in [1.54, 1.807) is 6.92 Å². The van der Waals surface area contributed by atoms with Crippen molar-refractivity contribution >= 4 is 19.9 Å². The van der Waals surface area contributed by atoms with Gasteiger partial charge in [0.1, 0.15) is 11.6 Å². The minimum atomic E-state index is -1.89. The summed E-state index contributed by atoms with van der Waals surface area (Å²) in [4.78, 5) is 23.8. The zero-order valence-corrected chi connectivity index (χ0v) is 17.7. The fourth-order valence-electron chi connectivity index (χ4n) is 3.81. The van der Waals surface area contributed by atoms with Crippen LogP contribution in [0.4, 0.5) is 0 Å². The Labute approximate surface area is 144 Å². The van der Waals surface area contributed by atoms with Crippen molar-refractivity contribution in [1.29, 1.82) is 0 Å². The average molecular weight is 343 g/mol. The van der Waals surface area contributed by atoms with Crippen LogP contribution in [0.5, 0.6) is 0 Å². The lowest BCUT2D eigenvalue weighted by atomic mass is 9.91. The molecule has 0 amide bonds. The molecule has 0 saturated carbocycles. The first-order valence-electron chi connectivity index (χ1n) is 9.13. The van der Waals surface area contributed by atoms with Crippen LogP contribution in [0.2, 0.25) is 16.6 Å². The van der Waals surface area contributed by atoms with Crippen LogP contribution in [0.25, 0.3) is 0 Å². The van der Waals surface area contributed by atoms with E-state index in [4.69, 9.17) is 4.43 Å². The summed E-state index contributed by atoms with van der Waals surface area (Å²) in [5.41, 5.74) is 1.61. The second-order valence-corrected chi connectivity index (χ2v) is 13.5. The first-order valence-corrected chi connectivity index (χ1v) is 11.3. The van der Waals surface area contributed by atoms with Crippen LogP contribution in [-0.4, -0.2) is 26.5 Å². The number of Topliss-reactive ketones (excluding diaryl/α,β-unsaturated/α-hetero) is 2. The zero-order valence-electron chi connectivity index (χ0n) is 16.7. The summed E-state index contributed by atoms with van der Waals surface area (Å²) in [6, 6.07) is 0. The molecule has 0 heterocycles. The van der Waals surface area contributed by atoms with Gasteiger partial charge >= 0.3 is 0 Å². The molecule has 0 rings (SSSR count). The smallest absolute Gasteiger partial charge is 0.200 e. The van der Waals surface area contributed by atoms with Crippen LogP contribution in [-0.2, 0) is 14.0 Å². The maximum Gasteiger partial charge on any atom is 0.200 e. The summed E-state index contributed by atoms with van der Waals surface area (Å²) in [7, 11) is -1.89. The van der Waals surface area contributed by atoms with E-state index in [0.29, 0.717) is 36.1 Å². The Morgan fingerprint density at radius 1 is 0.870 bits per heavy atom. The largest absolute Gasteiger partial charge is 0.416 e. The van der Waals surface area contributed by atoms with Crippen molar-refractivity contribution in [3.8, 4) is 0 Å². The standard InChI is InChI=1S/C19H38O3Si/c1-13(2)19(21)12-18(17(9)20)10-11-22-23(14(3)4,15(5)6)16(7)8/h13-16,18H,10-12H2,1-9H3. The fraction of sp³-hybridized carbons (Fsp3) is 0.895. The van der Waals surface area contributed by atoms with E-state index in [0.717, 1.165) is 0 Å². The predicted octanol–water partition coefficient (Wildman–Crippen LogP) is 5.39. The highest BCUT2D eigenvalue weighted by Gasteiger charge is 2.45. The molecule has 23 heavy (non-hydrogen) atoms. The SMILES string of the molecule is CC(=O)C(CCO[Si](C(C)C)(C(C)C)C(C)C)CC(=O)C(C)C. The van der Waals surface area contributed by atoms with Crippen LogP contribution in [0, 0.1) is 11.8 Å². The third kappa shape index (κ3) is 6.15. The summed E-state index contributed by atoms with van der Waals surface area (Å²) in [5, 5.41) is 0. The molecule has 0 N–H and O–H groups in total. The fourth-order valence-corrected chi connectivity index (χ4v) is 9.28. The molecule has 0 saturated heterocycles. The van der Waals surface area contributed by atoms with Crippen molar-refractivity contribution in [2.75, 3.05) is 6.61 Å². The molecule has 0 fully saturated rings. The van der Waals surface area contributed by atoms with Crippen molar-refractivity contribution in [1.82, 2.24) is 0 Å². The van der Waals surface area contributed by atoms with E-state index in [-0.39, 0.29) is 23.4 Å². The molecule has 0 aromatic carbocycles. The third-order valence-electron chi connectivity index (χ3n) is 5.19. The van der Waals surface area contributed by atoms with E-state index in [9.17, 15) is 9.59 Å². The number of ketones is 2. The van der Waals surface area contributed by atoms with Gasteiger partial charge in [0.15, 0.2) is 8.32 Å². The van der Waals surface area contributed by atoms with Gasteiger partial charge in [-0.2, -0.15) is 0 Å². The number of carbonyl (C=O) groups excluding carboxylic acids is 2. The Hall–Kier alpha value is -0.483. The highest BCUT2D eigenvalue weighted by atomic mass is 28.4. The van der Waals surface area contributed by atoms with E-state index in [2.05, 4.69) is 41.5 Å². The second-order valence-electron chi connectivity index (χ2n) is 8.09. The Morgan fingerprint density at radius 3 is 1.61 bits per heavy atom. The molecule has 0 aromatic heterocycles. The van der Waals surface area contributed by atoms with Crippen LogP contribution in [0.3, 0.4) is 0 Å². The summed E-state index contributed by atoms with van der Waals surface area (Å²) in [5.74, 6) is 0.0788. The Balaban J connectivity index is 4.90. The molecular weight excluding hydrogens is 304 g/mol. The first-order chi connectivity index (χ1) is 10.5. The van der Waals surface area contributed by atoms with Gasteiger partial charge in [-0.1, -0.05) is 55.4 Å². The molecule has 0 aromatic rings. The molecule has 0 radical (unpaired) electrons. The highest BCUT2D eigenvalue weighted by Crippen LogP contribution is 2.42. The van der Waals surface area contributed by atoms with Gasteiger partial charge in [0, 0.05) is 24.9 Å². The third-order valence-corrected chi connectivity index (χ3v) is 11.3. The van der Waals surface area contributed by atoms with Gasteiger partial charge in [-0.05, 0) is 30.0 Å². The molecular formula is C19H38O3Si. The topological polar surface area (TPSA) is 43.4 Å². The number of hydrogen-bond acceptors (Lipinski definition) is 3. The molecule has 0 aliphatic rings. The van der Waals surface area contributed by atoms with E-state index in [1.165, 1.54) is 0 Å². The number of carbonyl (C=O) groups is 2. The summed E-state index contributed by atoms with van der Waals surface area (Å²) in [6.07, 6.45) is 1.02. The van der Waals surface area contributed by atoms with Gasteiger partial charge in [-0.3, -0.25) is 9.59 Å². The second kappa shape index (κ2) is 9.73. The zero-order chi connectivity index (χ0) is 18.4. The summed E-state index contributed by atoms with van der Waals surface area (Å²) < 4.78 is 6.51. The monoisotopic (exact) mass is 342 g/mol. The van der Waals surface area contributed by atoms with Gasteiger partial charge in [0.25, 0.3) is 0 Å². The highest BCUT2D eigenvalue weighted by molar-refractivity contribution is 6.77. The van der Waals surface area contributed by atoms with E-state index < -0.39 is 8.32 Å². The molecule has 1 unspecified atom stereocenters. The average Bonchev–Trinajstić information content (AvgIpc) is 2.40. The van der Waals surface area contributed by atoms with E-state index in [1.807, 2.05) is 13.8 Å². The molecule has 136 valence electrons. The van der Waals surface area contributed by atoms with Gasteiger partial charge in [-0.25, -0.2) is 0 Å². The van der Waals surface area contributed by atoms with Gasteiger partial charge in [0.05, 0.1) is 0 Å². The number of hydrogen-bond donors (Lipinski definition) is 0. The van der Waals surface area contributed by atoms with Crippen LogP contribution < -0.4 is 0 Å². The van der Waals surface area contributed by atoms with Crippen molar-refractivity contribution < 1.29 is 14.0 Å². The van der Waals surface area contributed by atoms with Crippen molar-refractivity contribution in [2.45, 2.75) is 91.8 Å². The van der Waals surface area contributed by atoms with Crippen LogP contribution in [0.1, 0.15) is 75.2 Å². The van der Waals surface area contributed by atoms with Crippen molar-refractivity contribution in [3.05, 3.63) is 0 Å². The van der Waals surface area contributed by atoms with Crippen LogP contribution in [0.15, 0.2) is 0 Å². The van der Waals surface area contributed by atoms with Gasteiger partial charge in [0.2, 0.25) is 0 Å². The maximum atomic E-state index is 12.0. The Kier molecular flexibility index (Phi) is 9.52. The van der Waals surface area contributed by atoms with Crippen molar-refractivity contribution in [3.63, 3.8) is 0 Å². The normalized spacial score (nSPS) is 14.1. The minimum Gasteiger partial charge on any atom is -0.416 e. The lowest BCUT2D eigenvalue weighted by Crippen LogP contribution is -2.48. The molecule has 3 nitrogen and oxygen atoms in total. The van der Waals surface area contributed by atoms with Gasteiger partial charge in [-0.15, -0.1) is 0 Å². The molecule has 0 bridgehead atoms. The number of rotatable bonds is 11. The summed E-state index contributed by atoms with van der Waals surface area (Å²) >= 11 is 0. The molecule has 0 aliphatic carbocycles. The lowest BCUT2D eigenvalue weighted by Gasteiger charge is -2.42. The molecule has 0 aliphatic heterocycles. The Morgan fingerprint density at radius 2 is 1.30 bits per heavy atom. The minimum absolute atomic E-state index is 0.00627. The molecule has 1 atom stereocenters. The van der Waals surface area contributed by atoms with Crippen LogP contribution >= 0.6 is 0 Å². The first kappa shape index (κ1) is 22.5. The van der Waals surface area contributed by atoms with Crippen molar-refractivity contribution in [2.24, 2.45) is 11.8 Å². The predicted molar refractivity (Wildman–Crippen MR) is 100 cm³/mol. The summed E-state index contributed by atoms with van der Waals surface area (Å²) in [6.45, 7) is 19.5. The maximum absolute atomic E-state index is 12.0. The Bertz CT molecular complexity index is 364. The lowest BCUT2D eigenvalue weighted by molar-refractivity contribution is -0.128.